The number of carbonyl (C=O) groups is 1. The Balaban J connectivity index is 2.52. The topological polar surface area (TPSA) is 29.5 Å². The molecule has 1 rings (SSSR count). The number of Topliss-reactive ketones (excluding diaryl/α,β-unsaturated/α-hetero) is 1. The maximum Gasteiger partial charge on any atom is 0.159 e. The molecule has 0 heterocycles. The van der Waals surface area contributed by atoms with Crippen molar-refractivity contribution >= 4 is 21.7 Å². The molecule has 0 aliphatic heterocycles. The molecule has 94 valence electrons. The van der Waals surface area contributed by atoms with Crippen LogP contribution in [0.2, 0.25) is 0 Å². The van der Waals surface area contributed by atoms with Gasteiger partial charge >= 0.3 is 0 Å². The number of ketones is 1. The highest BCUT2D eigenvalue weighted by Crippen LogP contribution is 2.26. The van der Waals surface area contributed by atoms with Crippen LogP contribution in [0.15, 0.2) is 22.7 Å². The van der Waals surface area contributed by atoms with Crippen molar-refractivity contribution in [3.8, 4) is 5.75 Å². The predicted octanol–water partition coefficient (Wildman–Crippen LogP) is 2.98. The van der Waals surface area contributed by atoms with Crippen molar-refractivity contribution in [2.75, 3.05) is 27.2 Å². The van der Waals surface area contributed by atoms with E-state index in [2.05, 4.69) is 20.8 Å². The molecule has 0 aliphatic carbocycles. The third-order valence-corrected chi connectivity index (χ3v) is 2.97. The number of carbonyl (C=O) groups excluding carboxylic acids is 1. The molecule has 0 spiro atoms. The molecule has 0 radical (unpaired) electrons. The lowest BCUT2D eigenvalue weighted by Crippen LogP contribution is -2.15. The van der Waals surface area contributed by atoms with Crippen LogP contribution in [-0.4, -0.2) is 37.9 Å². The first-order valence-corrected chi connectivity index (χ1v) is 6.38. The Labute approximate surface area is 111 Å². The molecular formula is C13H18BrNO2. The lowest BCUT2D eigenvalue weighted by Gasteiger charge is -2.11. The number of rotatable bonds is 6. The molecule has 0 bridgehead atoms. The Morgan fingerprint density at radius 1 is 1.41 bits per heavy atom. The fraction of sp³-hybridized carbons (Fsp3) is 0.462. The van der Waals surface area contributed by atoms with Gasteiger partial charge in [-0.05, 0) is 61.6 Å². The second-order valence-corrected chi connectivity index (χ2v) is 5.06. The highest BCUT2D eigenvalue weighted by atomic mass is 79.9. The normalized spacial score (nSPS) is 10.6. The minimum absolute atomic E-state index is 0.0601. The molecule has 0 aromatic heterocycles. The second-order valence-electron chi connectivity index (χ2n) is 4.21. The first-order chi connectivity index (χ1) is 8.00. The SMILES string of the molecule is CC(=O)c1ccc(OCCCN(C)C)c(Br)c1. The van der Waals surface area contributed by atoms with Crippen LogP contribution >= 0.6 is 15.9 Å². The van der Waals surface area contributed by atoms with E-state index in [1.165, 1.54) is 0 Å². The third kappa shape index (κ3) is 4.88. The van der Waals surface area contributed by atoms with Gasteiger partial charge in [-0.3, -0.25) is 4.79 Å². The lowest BCUT2D eigenvalue weighted by molar-refractivity contribution is 0.101. The summed E-state index contributed by atoms with van der Waals surface area (Å²) in [5.41, 5.74) is 0.692. The molecule has 0 unspecified atom stereocenters. The molecule has 4 heteroatoms. The van der Waals surface area contributed by atoms with E-state index in [1.54, 1.807) is 19.1 Å². The highest BCUT2D eigenvalue weighted by molar-refractivity contribution is 9.10. The van der Waals surface area contributed by atoms with Gasteiger partial charge in [0, 0.05) is 12.1 Å². The van der Waals surface area contributed by atoms with E-state index >= 15 is 0 Å². The van der Waals surface area contributed by atoms with Crippen molar-refractivity contribution in [3.05, 3.63) is 28.2 Å². The molecule has 0 saturated carbocycles. The van der Waals surface area contributed by atoms with Gasteiger partial charge in [0.15, 0.2) is 5.78 Å². The monoisotopic (exact) mass is 299 g/mol. The van der Waals surface area contributed by atoms with Crippen molar-refractivity contribution in [2.45, 2.75) is 13.3 Å². The zero-order chi connectivity index (χ0) is 12.8. The Morgan fingerprint density at radius 2 is 2.12 bits per heavy atom. The Morgan fingerprint density at radius 3 is 2.65 bits per heavy atom. The molecular weight excluding hydrogens is 282 g/mol. The largest absolute Gasteiger partial charge is 0.492 e. The quantitative estimate of drug-likeness (QED) is 0.597. The number of benzene rings is 1. The van der Waals surface area contributed by atoms with Crippen LogP contribution in [-0.2, 0) is 0 Å². The van der Waals surface area contributed by atoms with E-state index < -0.39 is 0 Å². The highest BCUT2D eigenvalue weighted by Gasteiger charge is 2.05. The molecule has 0 N–H and O–H groups in total. The van der Waals surface area contributed by atoms with Gasteiger partial charge in [-0.1, -0.05) is 0 Å². The van der Waals surface area contributed by atoms with Gasteiger partial charge in [0.25, 0.3) is 0 Å². The molecule has 17 heavy (non-hydrogen) atoms. The van der Waals surface area contributed by atoms with Gasteiger partial charge in [-0.2, -0.15) is 0 Å². The molecule has 3 nitrogen and oxygen atoms in total. The lowest BCUT2D eigenvalue weighted by atomic mass is 10.1. The van der Waals surface area contributed by atoms with Crippen LogP contribution in [0.4, 0.5) is 0 Å². The second kappa shape index (κ2) is 6.77. The van der Waals surface area contributed by atoms with Gasteiger partial charge in [-0.25, -0.2) is 0 Å². The van der Waals surface area contributed by atoms with Gasteiger partial charge in [-0.15, -0.1) is 0 Å². The third-order valence-electron chi connectivity index (χ3n) is 2.35. The number of hydrogen-bond acceptors (Lipinski definition) is 3. The number of hydrogen-bond donors (Lipinski definition) is 0. The number of ether oxygens (including phenoxy) is 1. The van der Waals surface area contributed by atoms with Crippen LogP contribution < -0.4 is 4.74 Å². The first kappa shape index (κ1) is 14.2. The van der Waals surface area contributed by atoms with Gasteiger partial charge in [0.2, 0.25) is 0 Å². The Bertz CT molecular complexity index is 391. The average molecular weight is 300 g/mol. The Hall–Kier alpha value is -0.870. The number of nitrogens with zero attached hydrogens (tertiary/aromatic N) is 1. The minimum Gasteiger partial charge on any atom is -0.492 e. The van der Waals surface area contributed by atoms with Crippen LogP contribution in [0, 0.1) is 0 Å². The van der Waals surface area contributed by atoms with Crippen LogP contribution in [0.1, 0.15) is 23.7 Å². The van der Waals surface area contributed by atoms with Gasteiger partial charge in [0.05, 0.1) is 11.1 Å². The molecule has 0 saturated heterocycles. The van der Waals surface area contributed by atoms with Gasteiger partial charge < -0.3 is 9.64 Å². The van der Waals surface area contributed by atoms with Crippen LogP contribution in [0.25, 0.3) is 0 Å². The summed E-state index contributed by atoms with van der Waals surface area (Å²) in [5, 5.41) is 0. The van der Waals surface area contributed by atoms with E-state index in [-0.39, 0.29) is 5.78 Å². The summed E-state index contributed by atoms with van der Waals surface area (Å²) in [6, 6.07) is 5.41. The summed E-state index contributed by atoms with van der Waals surface area (Å²) >= 11 is 3.41. The van der Waals surface area contributed by atoms with E-state index in [9.17, 15) is 4.79 Å². The zero-order valence-corrected chi connectivity index (χ0v) is 12.1. The summed E-state index contributed by atoms with van der Waals surface area (Å²) in [7, 11) is 4.08. The molecule has 0 aliphatic rings. The summed E-state index contributed by atoms with van der Waals surface area (Å²) in [6.45, 7) is 3.23. The maximum atomic E-state index is 11.2. The minimum atomic E-state index is 0.0601. The van der Waals surface area contributed by atoms with E-state index in [0.717, 1.165) is 23.2 Å². The van der Waals surface area contributed by atoms with Crippen LogP contribution in [0.3, 0.4) is 0 Å². The van der Waals surface area contributed by atoms with Crippen molar-refractivity contribution in [1.29, 1.82) is 0 Å². The summed E-state index contributed by atoms with van der Waals surface area (Å²) in [6.07, 6.45) is 0.980. The molecule has 0 atom stereocenters. The first-order valence-electron chi connectivity index (χ1n) is 5.58. The smallest absolute Gasteiger partial charge is 0.159 e. The fourth-order valence-electron chi connectivity index (χ4n) is 1.40. The van der Waals surface area contributed by atoms with Crippen molar-refractivity contribution < 1.29 is 9.53 Å². The van der Waals surface area contributed by atoms with Crippen LogP contribution in [0.5, 0.6) is 5.75 Å². The molecule has 1 aromatic carbocycles. The molecule has 0 fully saturated rings. The van der Waals surface area contributed by atoms with E-state index in [4.69, 9.17) is 4.74 Å². The van der Waals surface area contributed by atoms with E-state index in [1.807, 2.05) is 20.2 Å². The predicted molar refractivity (Wildman–Crippen MR) is 72.8 cm³/mol. The summed E-state index contributed by atoms with van der Waals surface area (Å²) in [4.78, 5) is 13.3. The zero-order valence-electron chi connectivity index (χ0n) is 10.5. The fourth-order valence-corrected chi connectivity index (χ4v) is 1.89. The van der Waals surface area contributed by atoms with Crippen molar-refractivity contribution in [2.24, 2.45) is 0 Å². The van der Waals surface area contributed by atoms with Crippen molar-refractivity contribution in [3.63, 3.8) is 0 Å². The van der Waals surface area contributed by atoms with Gasteiger partial charge in [0.1, 0.15) is 5.75 Å². The standard InChI is InChI=1S/C13H18BrNO2/c1-10(16)11-5-6-13(12(14)9-11)17-8-4-7-15(2)3/h5-6,9H,4,7-8H2,1-3H3. The average Bonchev–Trinajstić information content (AvgIpc) is 2.25. The number of halogens is 1. The summed E-state index contributed by atoms with van der Waals surface area (Å²) in [5.74, 6) is 0.846. The summed E-state index contributed by atoms with van der Waals surface area (Å²) < 4.78 is 6.47. The Kier molecular flexibility index (Phi) is 5.65. The maximum absolute atomic E-state index is 11.2. The van der Waals surface area contributed by atoms with Crippen molar-refractivity contribution in [1.82, 2.24) is 4.90 Å². The molecule has 0 amide bonds. The van der Waals surface area contributed by atoms with E-state index in [0.29, 0.717) is 12.2 Å². The molecule has 1 aromatic rings.